The quantitative estimate of drug-likeness (QED) is 0.321. The van der Waals surface area contributed by atoms with Gasteiger partial charge >= 0.3 is 12.4 Å². The van der Waals surface area contributed by atoms with Gasteiger partial charge in [-0.3, -0.25) is 0 Å². The van der Waals surface area contributed by atoms with E-state index in [1.54, 1.807) is 37.3 Å². The Balaban J connectivity index is 1.56. The summed E-state index contributed by atoms with van der Waals surface area (Å²) in [6.07, 6.45) is -4.91. The highest BCUT2D eigenvalue weighted by Gasteiger charge is 2.33. The van der Waals surface area contributed by atoms with E-state index in [-0.39, 0.29) is 22.5 Å². The summed E-state index contributed by atoms with van der Waals surface area (Å²) in [5, 5.41) is 8.74. The third kappa shape index (κ3) is 4.81. The lowest BCUT2D eigenvalue weighted by atomic mass is 10.0. The number of nitrogens with zero attached hydrogens (tertiary/aromatic N) is 1. The van der Waals surface area contributed by atoms with E-state index in [1.165, 1.54) is 18.2 Å². The Kier molecular flexibility index (Phi) is 5.54. The van der Waals surface area contributed by atoms with Crippen LogP contribution in [0, 0.1) is 12.7 Å². The van der Waals surface area contributed by atoms with Crippen LogP contribution in [-0.2, 0) is 0 Å². The number of urea groups is 1. The molecule has 0 bridgehead atoms. The van der Waals surface area contributed by atoms with Crippen LogP contribution in [0.25, 0.3) is 22.0 Å². The van der Waals surface area contributed by atoms with Crippen LogP contribution < -0.4 is 21.1 Å². The number of aromatic nitrogens is 1. The number of anilines is 3. The maximum Gasteiger partial charge on any atom is 0.573 e. The maximum absolute atomic E-state index is 13.8. The number of carbonyl (C=O) groups is 1. The highest BCUT2D eigenvalue weighted by Crippen LogP contribution is 2.39. The first-order chi connectivity index (χ1) is 15.6. The van der Waals surface area contributed by atoms with Crippen LogP contribution in [0.15, 0.2) is 59.1 Å². The van der Waals surface area contributed by atoms with Crippen LogP contribution in [-0.4, -0.2) is 17.6 Å². The van der Waals surface area contributed by atoms with Gasteiger partial charge in [-0.25, -0.2) is 9.18 Å². The number of nitrogens with one attached hydrogen (secondary N) is 2. The number of alkyl halides is 3. The molecule has 0 spiro atoms. The van der Waals surface area contributed by atoms with Crippen LogP contribution >= 0.6 is 0 Å². The fourth-order valence-electron chi connectivity index (χ4n) is 3.25. The molecule has 0 aliphatic carbocycles. The predicted molar refractivity (Wildman–Crippen MR) is 114 cm³/mol. The van der Waals surface area contributed by atoms with Gasteiger partial charge in [-0.1, -0.05) is 23.4 Å². The van der Waals surface area contributed by atoms with Crippen LogP contribution in [0.2, 0.25) is 0 Å². The summed E-state index contributed by atoms with van der Waals surface area (Å²) in [7, 11) is 0. The molecule has 33 heavy (non-hydrogen) atoms. The van der Waals surface area contributed by atoms with Crippen LogP contribution in [0.5, 0.6) is 5.75 Å². The molecule has 11 heteroatoms. The van der Waals surface area contributed by atoms with Crippen molar-refractivity contribution in [2.45, 2.75) is 13.3 Å². The van der Waals surface area contributed by atoms with E-state index >= 15 is 0 Å². The number of fused-ring (bicyclic) bond motifs is 1. The van der Waals surface area contributed by atoms with Gasteiger partial charge in [0.2, 0.25) is 5.88 Å². The number of hydrogen-bond acceptors (Lipinski definition) is 5. The lowest BCUT2D eigenvalue weighted by Gasteiger charge is -2.12. The number of aryl methyl sites for hydroxylation is 1. The monoisotopic (exact) mass is 460 g/mol. The van der Waals surface area contributed by atoms with Gasteiger partial charge < -0.3 is 25.6 Å². The number of nitrogens with two attached hydrogens (primary N) is 1. The molecule has 0 aliphatic rings. The van der Waals surface area contributed by atoms with E-state index in [2.05, 4.69) is 20.5 Å². The number of ether oxygens (including phenoxy) is 1. The third-order valence-electron chi connectivity index (χ3n) is 4.67. The summed E-state index contributed by atoms with van der Waals surface area (Å²) >= 11 is 0. The van der Waals surface area contributed by atoms with Crippen LogP contribution in [0.3, 0.4) is 0 Å². The van der Waals surface area contributed by atoms with Crippen molar-refractivity contribution in [3.8, 4) is 16.9 Å². The molecule has 0 unspecified atom stereocenters. The largest absolute Gasteiger partial charge is 0.573 e. The SMILES string of the molecule is Cc1ccc(F)c(NC(=O)Nc2ccc(-c3ccc(OC(F)(F)F)c4noc(N)c34)cc2)c1. The number of hydrogen-bond donors (Lipinski definition) is 3. The minimum Gasteiger partial charge on any atom is -0.403 e. The normalized spacial score (nSPS) is 11.4. The van der Waals surface area contributed by atoms with Gasteiger partial charge in [-0.15, -0.1) is 13.2 Å². The van der Waals surface area contributed by atoms with E-state index in [4.69, 9.17) is 10.3 Å². The van der Waals surface area contributed by atoms with Crippen molar-refractivity contribution in [1.29, 1.82) is 0 Å². The fraction of sp³-hybridized carbons (Fsp3) is 0.0909. The van der Waals surface area contributed by atoms with Gasteiger partial charge in [0.1, 0.15) is 5.82 Å². The molecule has 170 valence electrons. The molecular weight excluding hydrogens is 444 g/mol. The number of rotatable bonds is 4. The summed E-state index contributed by atoms with van der Waals surface area (Å²) in [6.45, 7) is 1.77. The second-order valence-corrected chi connectivity index (χ2v) is 7.07. The van der Waals surface area contributed by atoms with Crippen LogP contribution in [0.4, 0.5) is 39.6 Å². The van der Waals surface area contributed by atoms with Gasteiger partial charge in [-0.2, -0.15) is 0 Å². The molecule has 0 aliphatic heterocycles. The highest BCUT2D eigenvalue weighted by atomic mass is 19.4. The van der Waals surface area contributed by atoms with E-state index in [9.17, 15) is 22.4 Å². The maximum atomic E-state index is 13.8. The minimum absolute atomic E-state index is 0.0376. The Hall–Kier alpha value is -4.28. The number of amides is 2. The highest BCUT2D eigenvalue weighted by molar-refractivity contribution is 6.04. The first kappa shape index (κ1) is 21.9. The van der Waals surface area contributed by atoms with E-state index in [1.807, 2.05) is 0 Å². The van der Waals surface area contributed by atoms with Crippen molar-refractivity contribution < 1.29 is 31.6 Å². The molecule has 0 saturated carbocycles. The molecule has 3 aromatic carbocycles. The summed E-state index contributed by atoms with van der Waals surface area (Å²) in [4.78, 5) is 12.2. The second-order valence-electron chi connectivity index (χ2n) is 7.07. The van der Waals surface area contributed by atoms with Crippen molar-refractivity contribution in [1.82, 2.24) is 5.16 Å². The number of halogens is 4. The molecule has 0 fully saturated rings. The zero-order valence-corrected chi connectivity index (χ0v) is 17.0. The Morgan fingerprint density at radius 1 is 1.06 bits per heavy atom. The van der Waals surface area contributed by atoms with Crippen molar-refractivity contribution in [3.63, 3.8) is 0 Å². The molecule has 0 radical (unpaired) electrons. The molecular formula is C22H16F4N4O3. The van der Waals surface area contributed by atoms with Crippen molar-refractivity contribution in [2.24, 2.45) is 0 Å². The average Bonchev–Trinajstić information content (AvgIpc) is 3.13. The van der Waals surface area contributed by atoms with E-state index < -0.39 is 24.0 Å². The number of benzene rings is 3. The molecule has 4 aromatic rings. The Bertz CT molecular complexity index is 1330. The minimum atomic E-state index is -4.91. The van der Waals surface area contributed by atoms with Gasteiger partial charge in [0.25, 0.3) is 0 Å². The average molecular weight is 460 g/mol. The molecule has 7 nitrogen and oxygen atoms in total. The topological polar surface area (TPSA) is 102 Å². The Labute approximate surface area is 184 Å². The smallest absolute Gasteiger partial charge is 0.403 e. The standard InChI is InChI=1S/C22H16F4N4O3/c1-11-2-8-15(23)16(10-11)29-21(31)28-13-5-3-12(4-6-13)14-7-9-17(32-22(24,25)26)19-18(14)20(27)33-30-19/h2-10H,27H2,1H3,(H2,28,29,31). The van der Waals surface area contributed by atoms with Gasteiger partial charge in [0.15, 0.2) is 11.3 Å². The lowest BCUT2D eigenvalue weighted by molar-refractivity contribution is -0.274. The van der Waals surface area contributed by atoms with E-state index in [0.29, 0.717) is 16.8 Å². The predicted octanol–water partition coefficient (Wildman–Crippen LogP) is 6.07. The Morgan fingerprint density at radius 3 is 2.48 bits per heavy atom. The summed E-state index contributed by atoms with van der Waals surface area (Å²) < 4.78 is 60.6. The molecule has 0 atom stereocenters. The van der Waals surface area contributed by atoms with Crippen LogP contribution in [0.1, 0.15) is 5.56 Å². The first-order valence-corrected chi connectivity index (χ1v) is 9.49. The zero-order chi connectivity index (χ0) is 23.8. The fourth-order valence-corrected chi connectivity index (χ4v) is 3.25. The van der Waals surface area contributed by atoms with Crippen molar-refractivity contribution in [2.75, 3.05) is 16.4 Å². The van der Waals surface area contributed by atoms with Gasteiger partial charge in [0.05, 0.1) is 11.1 Å². The van der Waals surface area contributed by atoms with Crippen molar-refractivity contribution >= 4 is 34.2 Å². The summed E-state index contributed by atoms with van der Waals surface area (Å²) in [5.41, 5.74) is 7.84. The second kappa shape index (κ2) is 8.34. The molecule has 4 rings (SSSR count). The van der Waals surface area contributed by atoms with E-state index in [0.717, 1.165) is 11.6 Å². The lowest BCUT2D eigenvalue weighted by Crippen LogP contribution is -2.20. The zero-order valence-electron chi connectivity index (χ0n) is 17.0. The molecule has 4 N–H and O–H groups in total. The third-order valence-corrected chi connectivity index (χ3v) is 4.67. The van der Waals surface area contributed by atoms with Gasteiger partial charge in [0, 0.05) is 5.69 Å². The Morgan fingerprint density at radius 2 is 1.79 bits per heavy atom. The summed E-state index contributed by atoms with van der Waals surface area (Å²) in [5.74, 6) is -1.28. The van der Waals surface area contributed by atoms with Crippen molar-refractivity contribution in [3.05, 3.63) is 66.0 Å². The van der Waals surface area contributed by atoms with Gasteiger partial charge in [-0.05, 0) is 60.0 Å². The summed E-state index contributed by atoms with van der Waals surface area (Å²) in [6, 6.07) is 12.6. The molecule has 1 heterocycles. The number of nitrogen functional groups attached to an aromatic ring is 1. The molecule has 1 aromatic heterocycles. The molecule has 0 saturated heterocycles. The number of carbonyl (C=O) groups excluding carboxylic acids is 1. The molecule has 2 amide bonds. The first-order valence-electron chi connectivity index (χ1n) is 9.49.